The summed E-state index contributed by atoms with van der Waals surface area (Å²) >= 11 is 1.47. The smallest absolute Gasteiger partial charge is 0.408 e. The zero-order valence-electron chi connectivity index (χ0n) is 17.5. The second-order valence-corrected chi connectivity index (χ2v) is 11.0. The summed E-state index contributed by atoms with van der Waals surface area (Å²) in [6, 6.07) is 8.92. The number of amides is 1. The van der Waals surface area contributed by atoms with Crippen molar-refractivity contribution in [1.29, 1.82) is 0 Å². The number of rotatable bonds is 6. The van der Waals surface area contributed by atoms with Crippen LogP contribution >= 0.6 is 11.3 Å². The Balaban J connectivity index is 1.32. The van der Waals surface area contributed by atoms with Gasteiger partial charge in [-0.05, 0) is 38.5 Å². The summed E-state index contributed by atoms with van der Waals surface area (Å²) in [7, 11) is -3.54. The maximum absolute atomic E-state index is 12.9. The predicted molar refractivity (Wildman–Crippen MR) is 119 cm³/mol. The maximum atomic E-state index is 12.9. The van der Waals surface area contributed by atoms with Crippen LogP contribution in [0.4, 0.5) is 0 Å². The van der Waals surface area contributed by atoms with Crippen molar-refractivity contribution in [2.75, 3.05) is 26.2 Å². The molecule has 1 aliphatic rings. The fraction of sp³-hybridized carbons (Fsp3) is 0.429. The van der Waals surface area contributed by atoms with E-state index in [9.17, 15) is 18.0 Å². The maximum Gasteiger partial charge on any atom is 0.419 e. The molecule has 1 fully saturated rings. The first-order chi connectivity index (χ1) is 14.8. The summed E-state index contributed by atoms with van der Waals surface area (Å²) in [6.45, 7) is 5.42. The molecule has 1 saturated heterocycles. The van der Waals surface area contributed by atoms with Gasteiger partial charge in [-0.2, -0.15) is 4.31 Å². The van der Waals surface area contributed by atoms with Crippen molar-refractivity contribution < 1.29 is 17.6 Å². The van der Waals surface area contributed by atoms with Crippen LogP contribution in [0, 0.1) is 13.8 Å². The van der Waals surface area contributed by atoms with E-state index in [1.165, 1.54) is 20.2 Å². The van der Waals surface area contributed by atoms with Crippen molar-refractivity contribution in [2.24, 2.45) is 0 Å². The van der Waals surface area contributed by atoms with E-state index in [4.69, 9.17) is 4.42 Å². The number of fused-ring (bicyclic) bond motifs is 1. The van der Waals surface area contributed by atoms with Crippen LogP contribution in [0.2, 0.25) is 0 Å². The molecule has 31 heavy (non-hydrogen) atoms. The molecule has 0 N–H and O–H groups in total. The van der Waals surface area contributed by atoms with Gasteiger partial charge < -0.3 is 9.32 Å². The van der Waals surface area contributed by atoms with Crippen molar-refractivity contribution in [3.8, 4) is 0 Å². The van der Waals surface area contributed by atoms with Crippen LogP contribution in [0.3, 0.4) is 0 Å². The van der Waals surface area contributed by atoms with Crippen LogP contribution in [0.15, 0.2) is 44.4 Å². The molecule has 166 valence electrons. The number of nitrogens with zero attached hydrogens (tertiary/aromatic N) is 3. The first-order valence-electron chi connectivity index (χ1n) is 10.2. The molecule has 0 atom stereocenters. The molecule has 2 aromatic heterocycles. The zero-order chi connectivity index (χ0) is 22.2. The Morgan fingerprint density at radius 2 is 1.84 bits per heavy atom. The third-order valence-corrected chi connectivity index (χ3v) is 8.67. The Bertz CT molecular complexity index is 1260. The third-order valence-electron chi connectivity index (χ3n) is 5.55. The van der Waals surface area contributed by atoms with Gasteiger partial charge in [-0.25, -0.2) is 13.2 Å². The lowest BCUT2D eigenvalue weighted by Crippen LogP contribution is -2.50. The number of carbonyl (C=O) groups excluding carboxylic acids is 1. The average molecular weight is 464 g/mol. The molecule has 1 amide bonds. The van der Waals surface area contributed by atoms with Gasteiger partial charge in [-0.15, -0.1) is 11.3 Å². The lowest BCUT2D eigenvalue weighted by atomic mass is 10.2. The van der Waals surface area contributed by atoms with Crippen LogP contribution in [-0.2, 0) is 21.4 Å². The van der Waals surface area contributed by atoms with Gasteiger partial charge in [0.2, 0.25) is 15.9 Å². The van der Waals surface area contributed by atoms with Crippen molar-refractivity contribution in [2.45, 2.75) is 38.1 Å². The van der Waals surface area contributed by atoms with Gasteiger partial charge >= 0.3 is 5.76 Å². The zero-order valence-corrected chi connectivity index (χ0v) is 19.2. The molecule has 0 saturated carbocycles. The highest BCUT2D eigenvalue weighted by molar-refractivity contribution is 7.89. The van der Waals surface area contributed by atoms with Crippen molar-refractivity contribution in [1.82, 2.24) is 13.8 Å². The van der Waals surface area contributed by atoms with Gasteiger partial charge in [0, 0.05) is 48.9 Å². The minimum atomic E-state index is -3.54. The highest BCUT2D eigenvalue weighted by Gasteiger charge is 2.31. The molecule has 10 heteroatoms. The van der Waals surface area contributed by atoms with Crippen LogP contribution < -0.4 is 5.76 Å². The summed E-state index contributed by atoms with van der Waals surface area (Å²) in [5.41, 5.74) is 1.25. The number of aryl methyl sites for hydroxylation is 3. The Labute approximate surface area is 184 Å². The molecule has 1 aromatic carbocycles. The summed E-state index contributed by atoms with van der Waals surface area (Å²) < 4.78 is 34.1. The highest BCUT2D eigenvalue weighted by Crippen LogP contribution is 2.28. The first-order valence-corrected chi connectivity index (χ1v) is 12.5. The molecule has 3 aromatic rings. The lowest BCUT2D eigenvalue weighted by Gasteiger charge is -2.34. The first kappa shape index (κ1) is 21.8. The number of sulfonamides is 1. The van der Waals surface area contributed by atoms with E-state index >= 15 is 0 Å². The number of thiophene rings is 1. The number of hydrogen-bond donors (Lipinski definition) is 0. The molecule has 8 nitrogen and oxygen atoms in total. The molecule has 4 rings (SSSR count). The summed E-state index contributed by atoms with van der Waals surface area (Å²) in [6.07, 6.45) is 0.801. The predicted octanol–water partition coefficient (Wildman–Crippen LogP) is 2.59. The van der Waals surface area contributed by atoms with Gasteiger partial charge in [0.15, 0.2) is 5.58 Å². The summed E-state index contributed by atoms with van der Waals surface area (Å²) in [4.78, 5) is 28.5. The molecule has 0 aliphatic carbocycles. The quantitative estimate of drug-likeness (QED) is 0.560. The largest absolute Gasteiger partial charge is 0.419 e. The minimum Gasteiger partial charge on any atom is -0.408 e. The van der Waals surface area contributed by atoms with Crippen molar-refractivity contribution >= 4 is 38.4 Å². The molecular formula is C21H25N3O5S2. The van der Waals surface area contributed by atoms with Crippen LogP contribution in [0.5, 0.6) is 0 Å². The second kappa shape index (κ2) is 8.60. The summed E-state index contributed by atoms with van der Waals surface area (Å²) in [5, 5.41) is 0. The number of hydrogen-bond acceptors (Lipinski definition) is 6. The SMILES string of the molecule is Cc1cc(S(=O)(=O)N2CCN(C(=O)CCCn3c(=O)oc4ccccc43)CC2)c(C)s1. The number of piperazine rings is 1. The topological polar surface area (TPSA) is 92.8 Å². The lowest BCUT2D eigenvalue weighted by molar-refractivity contribution is -0.132. The van der Waals surface area contributed by atoms with E-state index in [0.29, 0.717) is 43.0 Å². The number of para-hydroxylation sites is 2. The van der Waals surface area contributed by atoms with E-state index in [2.05, 4.69) is 0 Å². The van der Waals surface area contributed by atoms with E-state index in [1.54, 1.807) is 23.1 Å². The molecule has 0 bridgehead atoms. The molecule has 3 heterocycles. The monoisotopic (exact) mass is 463 g/mol. The summed E-state index contributed by atoms with van der Waals surface area (Å²) in [5.74, 6) is -0.452. The second-order valence-electron chi connectivity index (χ2n) is 7.65. The molecule has 0 spiro atoms. The number of aromatic nitrogens is 1. The standard InChI is InChI=1S/C21H25N3O5S2/c1-15-14-19(16(2)30-15)31(27,28)23-12-10-22(11-13-23)20(25)8-5-9-24-17-6-3-4-7-18(17)29-21(24)26/h3-4,6-7,14H,5,8-13H2,1-2H3. The number of carbonyl (C=O) groups is 1. The normalized spacial score (nSPS) is 15.6. The Hall–Kier alpha value is -2.43. The number of benzene rings is 1. The van der Waals surface area contributed by atoms with Crippen LogP contribution in [-0.4, -0.2) is 54.3 Å². The molecule has 0 unspecified atom stereocenters. The van der Waals surface area contributed by atoms with Gasteiger partial charge in [-0.1, -0.05) is 12.1 Å². The van der Waals surface area contributed by atoms with Crippen LogP contribution in [0.25, 0.3) is 11.1 Å². The van der Waals surface area contributed by atoms with Crippen LogP contribution in [0.1, 0.15) is 22.6 Å². The fourth-order valence-corrected chi connectivity index (χ4v) is 6.90. The van der Waals surface area contributed by atoms with Gasteiger partial charge in [0.05, 0.1) is 10.4 Å². The van der Waals surface area contributed by atoms with Gasteiger partial charge in [-0.3, -0.25) is 9.36 Å². The molecular weight excluding hydrogens is 438 g/mol. The Morgan fingerprint density at radius 3 is 2.52 bits per heavy atom. The van der Waals surface area contributed by atoms with E-state index in [0.717, 1.165) is 15.3 Å². The van der Waals surface area contributed by atoms with Gasteiger partial charge in [0.1, 0.15) is 0 Å². The van der Waals surface area contributed by atoms with E-state index in [1.807, 2.05) is 26.0 Å². The van der Waals surface area contributed by atoms with Crippen molar-refractivity contribution in [3.05, 3.63) is 50.6 Å². The average Bonchev–Trinajstić information content (AvgIpc) is 3.26. The molecule has 1 aliphatic heterocycles. The van der Waals surface area contributed by atoms with Gasteiger partial charge in [0.25, 0.3) is 0 Å². The van der Waals surface area contributed by atoms with E-state index < -0.39 is 15.8 Å². The Kier molecular flexibility index (Phi) is 6.05. The van der Waals surface area contributed by atoms with Crippen molar-refractivity contribution in [3.63, 3.8) is 0 Å². The Morgan fingerprint density at radius 1 is 1.13 bits per heavy atom. The molecule has 0 radical (unpaired) electrons. The fourth-order valence-electron chi connectivity index (χ4n) is 3.95. The number of oxazole rings is 1. The van der Waals surface area contributed by atoms with E-state index in [-0.39, 0.29) is 19.0 Å². The third kappa shape index (κ3) is 4.32. The minimum absolute atomic E-state index is 0.0274. The highest BCUT2D eigenvalue weighted by atomic mass is 32.2.